The molecule has 0 aliphatic carbocycles. The van der Waals surface area contributed by atoms with E-state index in [2.05, 4.69) is 15.5 Å². The summed E-state index contributed by atoms with van der Waals surface area (Å²) in [4.78, 5) is 28.5. The van der Waals surface area contributed by atoms with E-state index in [0.29, 0.717) is 37.4 Å². The van der Waals surface area contributed by atoms with Crippen LogP contribution in [0, 0.1) is 12.8 Å². The molecule has 0 aliphatic rings. The molecular formula is C17H29N3O4. The fourth-order valence-corrected chi connectivity index (χ4v) is 2.17. The number of aromatic nitrogens is 2. The van der Waals surface area contributed by atoms with Gasteiger partial charge in [-0.05, 0) is 46.5 Å². The zero-order valence-corrected chi connectivity index (χ0v) is 15.5. The molecule has 24 heavy (non-hydrogen) atoms. The molecule has 1 N–H and O–H groups in total. The quantitative estimate of drug-likeness (QED) is 0.732. The first-order valence-corrected chi connectivity index (χ1v) is 8.38. The van der Waals surface area contributed by atoms with Crippen LogP contribution in [0.25, 0.3) is 0 Å². The molecule has 0 aromatic carbocycles. The van der Waals surface area contributed by atoms with Gasteiger partial charge in [0.15, 0.2) is 5.82 Å². The molecule has 0 aliphatic heterocycles. The average Bonchev–Trinajstić information content (AvgIpc) is 2.81. The summed E-state index contributed by atoms with van der Waals surface area (Å²) >= 11 is 0. The van der Waals surface area contributed by atoms with Crippen LogP contribution >= 0.6 is 0 Å². The van der Waals surface area contributed by atoms with Crippen molar-refractivity contribution >= 4 is 11.9 Å². The summed E-state index contributed by atoms with van der Waals surface area (Å²) in [5.74, 6) is 0.798. The minimum Gasteiger partial charge on any atom is -0.458 e. The lowest BCUT2D eigenvalue weighted by Crippen LogP contribution is -2.44. The lowest BCUT2D eigenvalue weighted by Gasteiger charge is -2.25. The molecule has 1 aromatic rings. The van der Waals surface area contributed by atoms with Crippen molar-refractivity contribution in [1.82, 2.24) is 15.5 Å². The molecule has 1 aromatic heterocycles. The molecule has 0 fully saturated rings. The van der Waals surface area contributed by atoms with Crippen LogP contribution in [-0.4, -0.2) is 33.7 Å². The van der Waals surface area contributed by atoms with Crippen LogP contribution in [0.2, 0.25) is 0 Å². The topological polar surface area (TPSA) is 94.3 Å². The maximum Gasteiger partial charge on any atom is 0.329 e. The molecule has 0 bridgehead atoms. The summed E-state index contributed by atoms with van der Waals surface area (Å²) in [6.07, 6.45) is 1.95. The van der Waals surface area contributed by atoms with E-state index in [9.17, 15) is 9.59 Å². The zero-order valence-electron chi connectivity index (χ0n) is 15.5. The summed E-state index contributed by atoms with van der Waals surface area (Å²) in [6.45, 7) is 11.2. The molecule has 1 heterocycles. The molecule has 0 unspecified atom stereocenters. The summed E-state index contributed by atoms with van der Waals surface area (Å²) in [5, 5.41) is 6.49. The Bertz CT molecular complexity index is 546. The number of ether oxygens (including phenoxy) is 1. The Hall–Kier alpha value is -1.92. The first-order valence-electron chi connectivity index (χ1n) is 8.38. The third-order valence-electron chi connectivity index (χ3n) is 3.10. The van der Waals surface area contributed by atoms with Crippen molar-refractivity contribution in [1.29, 1.82) is 0 Å². The number of aryl methyl sites for hydroxylation is 2. The first kappa shape index (κ1) is 20.1. The standard InChI is InChI=1S/C17H29N3O4/c1-11(2)10-13(16(22)23-17(4,5)6)19-14(21)8-7-9-15-18-12(3)20-24-15/h11,13H,7-10H2,1-6H3,(H,19,21)/t13-/m1/s1. The molecule has 0 radical (unpaired) electrons. The monoisotopic (exact) mass is 339 g/mol. The van der Waals surface area contributed by atoms with E-state index in [-0.39, 0.29) is 11.8 Å². The van der Waals surface area contributed by atoms with Crippen molar-refractivity contribution in [2.24, 2.45) is 5.92 Å². The predicted octanol–water partition coefficient (Wildman–Crippen LogP) is 2.57. The molecule has 1 atom stereocenters. The van der Waals surface area contributed by atoms with Gasteiger partial charge in [0, 0.05) is 12.8 Å². The van der Waals surface area contributed by atoms with Gasteiger partial charge in [0.2, 0.25) is 11.8 Å². The van der Waals surface area contributed by atoms with E-state index in [0.717, 1.165) is 0 Å². The number of nitrogens with one attached hydrogen (secondary N) is 1. The van der Waals surface area contributed by atoms with E-state index < -0.39 is 17.6 Å². The third kappa shape index (κ3) is 8.08. The van der Waals surface area contributed by atoms with E-state index in [1.165, 1.54) is 0 Å². The molecule has 0 saturated carbocycles. The Labute approximate surface area is 143 Å². The molecule has 7 heteroatoms. The number of carbonyl (C=O) groups excluding carboxylic acids is 2. The number of esters is 1. The third-order valence-corrected chi connectivity index (χ3v) is 3.10. The van der Waals surface area contributed by atoms with Crippen LogP contribution in [0.4, 0.5) is 0 Å². The largest absolute Gasteiger partial charge is 0.458 e. The zero-order chi connectivity index (χ0) is 18.3. The minimum absolute atomic E-state index is 0.178. The SMILES string of the molecule is Cc1noc(CCCC(=O)N[C@H](CC(C)C)C(=O)OC(C)(C)C)n1. The normalized spacial score (nSPS) is 13.0. The van der Waals surface area contributed by atoms with E-state index in [4.69, 9.17) is 9.26 Å². The summed E-state index contributed by atoms with van der Waals surface area (Å²) in [6, 6.07) is -0.623. The molecule has 136 valence electrons. The second-order valence-electron chi connectivity index (χ2n) is 7.37. The number of rotatable bonds is 8. The van der Waals surface area contributed by atoms with Crippen LogP contribution in [0.5, 0.6) is 0 Å². The Morgan fingerprint density at radius 1 is 1.29 bits per heavy atom. The van der Waals surface area contributed by atoms with Gasteiger partial charge >= 0.3 is 5.97 Å². The average molecular weight is 339 g/mol. The van der Waals surface area contributed by atoms with E-state index in [1.54, 1.807) is 6.92 Å². The van der Waals surface area contributed by atoms with Gasteiger partial charge in [-0.2, -0.15) is 4.98 Å². The number of hydrogen-bond donors (Lipinski definition) is 1. The Morgan fingerprint density at radius 3 is 2.46 bits per heavy atom. The van der Waals surface area contributed by atoms with Crippen LogP contribution < -0.4 is 5.32 Å². The Balaban J connectivity index is 2.49. The number of nitrogens with zero attached hydrogens (tertiary/aromatic N) is 2. The van der Waals surface area contributed by atoms with E-state index in [1.807, 2.05) is 34.6 Å². The van der Waals surface area contributed by atoms with Crippen molar-refractivity contribution in [3.63, 3.8) is 0 Å². The van der Waals surface area contributed by atoms with Crippen LogP contribution in [0.15, 0.2) is 4.52 Å². The first-order chi connectivity index (χ1) is 11.1. The highest BCUT2D eigenvalue weighted by atomic mass is 16.6. The number of hydrogen-bond acceptors (Lipinski definition) is 6. The predicted molar refractivity (Wildman–Crippen MR) is 89.2 cm³/mol. The highest BCUT2D eigenvalue weighted by Crippen LogP contribution is 2.13. The van der Waals surface area contributed by atoms with Gasteiger partial charge in [-0.3, -0.25) is 4.79 Å². The van der Waals surface area contributed by atoms with Crippen molar-refractivity contribution < 1.29 is 18.8 Å². The fraction of sp³-hybridized carbons (Fsp3) is 0.765. The smallest absolute Gasteiger partial charge is 0.329 e. The maximum atomic E-state index is 12.3. The van der Waals surface area contributed by atoms with Crippen molar-refractivity contribution in [2.45, 2.75) is 78.9 Å². The second-order valence-corrected chi connectivity index (χ2v) is 7.37. The number of carbonyl (C=O) groups is 2. The summed E-state index contributed by atoms with van der Waals surface area (Å²) in [5.41, 5.74) is -0.577. The van der Waals surface area contributed by atoms with E-state index >= 15 is 0 Å². The highest BCUT2D eigenvalue weighted by Gasteiger charge is 2.27. The lowest BCUT2D eigenvalue weighted by atomic mass is 10.0. The van der Waals surface area contributed by atoms with Gasteiger partial charge in [-0.1, -0.05) is 19.0 Å². The number of amides is 1. The lowest BCUT2D eigenvalue weighted by molar-refractivity contribution is -0.159. The van der Waals surface area contributed by atoms with Crippen LogP contribution in [0.3, 0.4) is 0 Å². The molecule has 1 rings (SSSR count). The second kappa shape index (κ2) is 8.80. The highest BCUT2D eigenvalue weighted by molar-refractivity contribution is 5.84. The fourth-order valence-electron chi connectivity index (χ4n) is 2.17. The molecular weight excluding hydrogens is 310 g/mol. The molecule has 1 amide bonds. The molecule has 0 spiro atoms. The van der Waals surface area contributed by atoms with Gasteiger partial charge in [-0.15, -0.1) is 0 Å². The summed E-state index contributed by atoms with van der Waals surface area (Å²) in [7, 11) is 0. The Kier molecular flexibility index (Phi) is 7.38. The van der Waals surface area contributed by atoms with Crippen LogP contribution in [-0.2, 0) is 20.7 Å². The van der Waals surface area contributed by atoms with Gasteiger partial charge < -0.3 is 14.6 Å². The Morgan fingerprint density at radius 2 is 1.96 bits per heavy atom. The van der Waals surface area contributed by atoms with Gasteiger partial charge in [0.25, 0.3) is 0 Å². The van der Waals surface area contributed by atoms with Gasteiger partial charge in [0.1, 0.15) is 11.6 Å². The van der Waals surface area contributed by atoms with Crippen molar-refractivity contribution in [3.05, 3.63) is 11.7 Å². The molecule has 7 nitrogen and oxygen atoms in total. The van der Waals surface area contributed by atoms with Gasteiger partial charge in [-0.25, -0.2) is 4.79 Å². The minimum atomic E-state index is -0.623. The van der Waals surface area contributed by atoms with Gasteiger partial charge in [0.05, 0.1) is 0 Å². The van der Waals surface area contributed by atoms with Crippen molar-refractivity contribution in [3.8, 4) is 0 Å². The van der Waals surface area contributed by atoms with Crippen LogP contribution in [0.1, 0.15) is 65.6 Å². The molecule has 0 saturated heterocycles. The van der Waals surface area contributed by atoms with Crippen molar-refractivity contribution in [2.75, 3.05) is 0 Å². The summed E-state index contributed by atoms with van der Waals surface area (Å²) < 4.78 is 10.4. The maximum absolute atomic E-state index is 12.3.